The van der Waals surface area contributed by atoms with Gasteiger partial charge >= 0.3 is 5.97 Å². The van der Waals surface area contributed by atoms with Gasteiger partial charge in [0.25, 0.3) is 0 Å². The van der Waals surface area contributed by atoms with Crippen molar-refractivity contribution in [2.45, 2.75) is 19.9 Å². The average molecular weight is 285 g/mol. The average Bonchev–Trinajstić information content (AvgIpc) is 2.31. The Labute approximate surface area is 112 Å². The molecule has 0 aliphatic rings. The lowest BCUT2D eigenvalue weighted by Gasteiger charge is -2.15. The molecular weight excluding hydrogens is 275 g/mol. The molecule has 2 aromatic heterocycles. The zero-order chi connectivity index (χ0) is 14.3. The van der Waals surface area contributed by atoms with Crippen LogP contribution in [0.5, 0.6) is 0 Å². The van der Waals surface area contributed by atoms with Crippen molar-refractivity contribution in [2.24, 2.45) is 0 Å². The molecule has 0 amide bonds. The molecule has 0 aliphatic carbocycles. The van der Waals surface area contributed by atoms with Crippen LogP contribution in [0.3, 0.4) is 0 Å². The maximum absolute atomic E-state index is 13.4. The van der Waals surface area contributed by atoms with E-state index in [9.17, 15) is 14.0 Å². The van der Waals surface area contributed by atoms with Gasteiger partial charge in [-0.3, -0.25) is 4.79 Å². The van der Waals surface area contributed by atoms with E-state index in [1.165, 1.54) is 10.8 Å². The summed E-state index contributed by atoms with van der Waals surface area (Å²) in [5.74, 6) is -2.22. The van der Waals surface area contributed by atoms with E-state index in [1.54, 1.807) is 13.8 Å². The van der Waals surface area contributed by atoms with E-state index in [0.29, 0.717) is 0 Å². The van der Waals surface area contributed by atoms with E-state index in [4.69, 9.17) is 16.7 Å². The molecule has 1 N–H and O–H groups in total. The lowest BCUT2D eigenvalue weighted by molar-refractivity contribution is 0.0694. The third-order valence-electron chi connectivity index (χ3n) is 2.70. The summed E-state index contributed by atoms with van der Waals surface area (Å²) < 4.78 is 14.9. The van der Waals surface area contributed by atoms with E-state index in [1.807, 2.05) is 0 Å². The molecule has 0 spiro atoms. The zero-order valence-corrected chi connectivity index (χ0v) is 10.9. The van der Waals surface area contributed by atoms with Crippen LogP contribution >= 0.6 is 11.6 Å². The summed E-state index contributed by atoms with van der Waals surface area (Å²) in [6, 6.07) is 0.758. The third kappa shape index (κ3) is 2.19. The van der Waals surface area contributed by atoms with Gasteiger partial charge in [-0.1, -0.05) is 11.6 Å². The number of nitrogens with zero attached hydrogens (tertiary/aromatic N) is 2. The number of carboxylic acid groups (broad SMARTS) is 1. The Balaban J connectivity index is 3.01. The largest absolute Gasteiger partial charge is 0.477 e. The van der Waals surface area contributed by atoms with E-state index >= 15 is 0 Å². The molecule has 0 fully saturated rings. The van der Waals surface area contributed by atoms with Crippen molar-refractivity contribution in [3.8, 4) is 0 Å². The van der Waals surface area contributed by atoms with Crippen molar-refractivity contribution in [1.82, 2.24) is 9.55 Å². The first kappa shape index (κ1) is 13.5. The predicted molar refractivity (Wildman–Crippen MR) is 68.3 cm³/mol. The molecule has 7 heteroatoms. The van der Waals surface area contributed by atoms with E-state index in [-0.39, 0.29) is 22.2 Å². The minimum Gasteiger partial charge on any atom is -0.477 e. The molecule has 0 bridgehead atoms. The Bertz CT molecular complexity index is 740. The van der Waals surface area contributed by atoms with Crippen LogP contribution in [-0.2, 0) is 0 Å². The highest BCUT2D eigenvalue weighted by Crippen LogP contribution is 2.20. The summed E-state index contributed by atoms with van der Waals surface area (Å²) in [6.45, 7) is 3.57. The maximum Gasteiger partial charge on any atom is 0.341 e. The standard InChI is InChI=1S/C12H10ClFN2O3/c1-5(2)16-4-7(12(18)19)9(17)6-3-8(14)10(13)15-11(6)16/h3-5H,1-2H3,(H,18,19). The van der Waals surface area contributed by atoms with Crippen molar-refractivity contribution >= 4 is 28.6 Å². The summed E-state index contributed by atoms with van der Waals surface area (Å²) in [5.41, 5.74) is -1.04. The lowest BCUT2D eigenvalue weighted by atomic mass is 10.1. The van der Waals surface area contributed by atoms with Crippen molar-refractivity contribution < 1.29 is 14.3 Å². The second kappa shape index (κ2) is 4.62. The number of halogens is 2. The normalized spacial score (nSPS) is 11.2. The highest BCUT2D eigenvalue weighted by Gasteiger charge is 2.18. The molecule has 5 nitrogen and oxygen atoms in total. The van der Waals surface area contributed by atoms with Crippen molar-refractivity contribution in [3.05, 3.63) is 39.0 Å². The van der Waals surface area contributed by atoms with E-state index in [0.717, 1.165) is 6.07 Å². The summed E-state index contributed by atoms with van der Waals surface area (Å²) >= 11 is 5.60. The fraction of sp³-hybridized carbons (Fsp3) is 0.250. The highest BCUT2D eigenvalue weighted by molar-refractivity contribution is 6.29. The molecule has 2 heterocycles. The van der Waals surface area contributed by atoms with Gasteiger partial charge in [0, 0.05) is 12.2 Å². The summed E-state index contributed by atoms with van der Waals surface area (Å²) in [5, 5.41) is 8.54. The molecule has 0 aliphatic heterocycles. The van der Waals surface area contributed by atoms with Crippen LogP contribution in [0.2, 0.25) is 5.15 Å². The summed E-state index contributed by atoms with van der Waals surface area (Å²) in [7, 11) is 0. The first-order chi connectivity index (χ1) is 8.82. The number of pyridine rings is 2. The fourth-order valence-corrected chi connectivity index (χ4v) is 1.91. The Hall–Kier alpha value is -1.95. The molecule has 19 heavy (non-hydrogen) atoms. The predicted octanol–water partition coefficient (Wildman–Crippen LogP) is 2.47. The summed E-state index contributed by atoms with van der Waals surface area (Å²) in [6.07, 6.45) is 1.19. The quantitative estimate of drug-likeness (QED) is 0.860. The van der Waals surface area contributed by atoms with Crippen molar-refractivity contribution in [1.29, 1.82) is 0 Å². The number of hydrogen-bond donors (Lipinski definition) is 1. The van der Waals surface area contributed by atoms with Gasteiger partial charge in [0.15, 0.2) is 11.0 Å². The Morgan fingerprint density at radius 1 is 1.53 bits per heavy atom. The van der Waals surface area contributed by atoms with Crippen LogP contribution < -0.4 is 5.43 Å². The Morgan fingerprint density at radius 2 is 2.16 bits per heavy atom. The molecule has 100 valence electrons. The molecule has 0 aromatic carbocycles. The molecule has 2 aromatic rings. The van der Waals surface area contributed by atoms with Gasteiger partial charge in [-0.05, 0) is 19.9 Å². The van der Waals surface area contributed by atoms with E-state index in [2.05, 4.69) is 4.98 Å². The maximum atomic E-state index is 13.4. The summed E-state index contributed by atoms with van der Waals surface area (Å²) in [4.78, 5) is 26.8. The second-order valence-electron chi connectivity index (χ2n) is 4.31. The number of aromatic nitrogens is 2. The highest BCUT2D eigenvalue weighted by atomic mass is 35.5. The first-order valence-corrected chi connectivity index (χ1v) is 5.85. The monoisotopic (exact) mass is 284 g/mol. The smallest absolute Gasteiger partial charge is 0.341 e. The van der Waals surface area contributed by atoms with Gasteiger partial charge < -0.3 is 9.67 Å². The van der Waals surface area contributed by atoms with Gasteiger partial charge in [0.05, 0.1) is 5.39 Å². The van der Waals surface area contributed by atoms with Crippen LogP contribution in [0, 0.1) is 5.82 Å². The Morgan fingerprint density at radius 3 is 2.68 bits per heavy atom. The van der Waals surface area contributed by atoms with E-state index < -0.39 is 22.8 Å². The van der Waals surface area contributed by atoms with Gasteiger partial charge in [0.2, 0.25) is 5.43 Å². The Kier molecular flexibility index (Phi) is 3.28. The van der Waals surface area contributed by atoms with Crippen molar-refractivity contribution in [3.63, 3.8) is 0 Å². The van der Waals surface area contributed by atoms with Crippen LogP contribution in [0.4, 0.5) is 4.39 Å². The number of hydrogen-bond acceptors (Lipinski definition) is 3. The topological polar surface area (TPSA) is 72.2 Å². The number of carboxylic acids is 1. The molecule has 0 radical (unpaired) electrons. The van der Waals surface area contributed by atoms with Crippen LogP contribution in [0.25, 0.3) is 11.0 Å². The third-order valence-corrected chi connectivity index (χ3v) is 2.97. The number of carbonyl (C=O) groups is 1. The minimum atomic E-state index is -1.36. The zero-order valence-electron chi connectivity index (χ0n) is 10.1. The number of aromatic carboxylic acids is 1. The number of rotatable bonds is 2. The van der Waals surface area contributed by atoms with Crippen molar-refractivity contribution in [2.75, 3.05) is 0 Å². The molecule has 0 unspecified atom stereocenters. The first-order valence-electron chi connectivity index (χ1n) is 5.47. The van der Waals surface area contributed by atoms with Gasteiger partial charge in [-0.25, -0.2) is 14.2 Å². The van der Waals surface area contributed by atoms with Gasteiger partial charge in [-0.2, -0.15) is 0 Å². The van der Waals surface area contributed by atoms with Crippen LogP contribution in [0.1, 0.15) is 30.2 Å². The number of fused-ring (bicyclic) bond motifs is 1. The van der Waals surface area contributed by atoms with Crippen LogP contribution in [0.15, 0.2) is 17.1 Å². The second-order valence-corrected chi connectivity index (χ2v) is 4.67. The molecule has 0 atom stereocenters. The fourth-order valence-electron chi connectivity index (χ4n) is 1.77. The molecule has 2 rings (SSSR count). The van der Waals surface area contributed by atoms with Gasteiger partial charge in [-0.15, -0.1) is 0 Å². The lowest BCUT2D eigenvalue weighted by Crippen LogP contribution is -2.20. The van der Waals surface area contributed by atoms with Gasteiger partial charge in [0.1, 0.15) is 11.2 Å². The van der Waals surface area contributed by atoms with Crippen LogP contribution in [-0.4, -0.2) is 20.6 Å². The minimum absolute atomic E-state index is 0.101. The SMILES string of the molecule is CC(C)n1cc(C(=O)O)c(=O)c2cc(F)c(Cl)nc21. The molecular formula is C12H10ClFN2O3. The molecule has 0 saturated carbocycles. The molecule has 0 saturated heterocycles.